The SMILES string of the molecule is CC1Oc2ccc(-c3cn4cc(Cl)ccc4n3)cc2N(C)C1=O. The van der Waals surface area contributed by atoms with Gasteiger partial charge in [-0.15, -0.1) is 0 Å². The Morgan fingerprint density at radius 3 is 2.87 bits per heavy atom. The summed E-state index contributed by atoms with van der Waals surface area (Å²) in [5.41, 5.74) is 3.30. The number of aromatic nitrogens is 2. The molecule has 4 rings (SSSR count). The third-order valence-electron chi connectivity index (χ3n) is 4.01. The molecule has 3 heterocycles. The second-order valence-electron chi connectivity index (χ2n) is 5.58. The Morgan fingerprint density at radius 1 is 1.22 bits per heavy atom. The van der Waals surface area contributed by atoms with Crippen LogP contribution in [0.5, 0.6) is 5.75 Å². The first-order valence-corrected chi connectivity index (χ1v) is 7.63. The number of ether oxygens (including phenoxy) is 1. The van der Waals surface area contributed by atoms with Crippen molar-refractivity contribution in [1.29, 1.82) is 0 Å². The van der Waals surface area contributed by atoms with Crippen molar-refractivity contribution in [2.45, 2.75) is 13.0 Å². The Morgan fingerprint density at radius 2 is 2.04 bits per heavy atom. The zero-order valence-corrected chi connectivity index (χ0v) is 13.4. The van der Waals surface area contributed by atoms with E-state index in [4.69, 9.17) is 16.3 Å². The van der Waals surface area contributed by atoms with E-state index in [9.17, 15) is 4.79 Å². The molecule has 1 unspecified atom stereocenters. The highest BCUT2D eigenvalue weighted by Gasteiger charge is 2.29. The van der Waals surface area contributed by atoms with Gasteiger partial charge >= 0.3 is 0 Å². The lowest BCUT2D eigenvalue weighted by molar-refractivity contribution is -0.125. The molecule has 2 aromatic heterocycles. The number of pyridine rings is 1. The van der Waals surface area contributed by atoms with Crippen LogP contribution in [0, 0.1) is 0 Å². The Hall–Kier alpha value is -2.53. The van der Waals surface area contributed by atoms with E-state index >= 15 is 0 Å². The summed E-state index contributed by atoms with van der Waals surface area (Å²) in [7, 11) is 1.76. The zero-order valence-electron chi connectivity index (χ0n) is 12.7. The van der Waals surface area contributed by atoms with Crippen LogP contribution in [0.15, 0.2) is 42.7 Å². The fourth-order valence-corrected chi connectivity index (χ4v) is 2.94. The van der Waals surface area contributed by atoms with Gasteiger partial charge in [0, 0.05) is 25.0 Å². The molecule has 0 radical (unpaired) electrons. The van der Waals surface area contributed by atoms with Gasteiger partial charge < -0.3 is 14.0 Å². The summed E-state index contributed by atoms with van der Waals surface area (Å²) in [6, 6.07) is 9.41. The third kappa shape index (κ3) is 2.24. The normalized spacial score (nSPS) is 17.3. The van der Waals surface area contributed by atoms with Crippen molar-refractivity contribution in [2.24, 2.45) is 0 Å². The van der Waals surface area contributed by atoms with Crippen LogP contribution >= 0.6 is 11.6 Å². The average Bonchev–Trinajstić information content (AvgIpc) is 2.95. The number of carbonyl (C=O) groups is 1. The van der Waals surface area contributed by atoms with Gasteiger partial charge in [-0.25, -0.2) is 4.98 Å². The molecule has 6 heteroatoms. The van der Waals surface area contributed by atoms with E-state index in [0.29, 0.717) is 10.8 Å². The minimum Gasteiger partial charge on any atom is -0.479 e. The summed E-state index contributed by atoms with van der Waals surface area (Å²) >= 11 is 6.01. The Balaban J connectivity index is 1.81. The van der Waals surface area contributed by atoms with E-state index in [1.807, 2.05) is 47.1 Å². The molecule has 1 amide bonds. The van der Waals surface area contributed by atoms with Gasteiger partial charge in [-0.3, -0.25) is 4.79 Å². The summed E-state index contributed by atoms with van der Waals surface area (Å²) in [5, 5.41) is 0.652. The summed E-state index contributed by atoms with van der Waals surface area (Å²) in [6.45, 7) is 1.75. The number of carbonyl (C=O) groups excluding carboxylic acids is 1. The Kier molecular flexibility index (Phi) is 3.06. The molecule has 0 N–H and O–H groups in total. The first-order chi connectivity index (χ1) is 11.0. The van der Waals surface area contributed by atoms with Crippen LogP contribution in [-0.4, -0.2) is 28.4 Å². The maximum Gasteiger partial charge on any atom is 0.267 e. The maximum absolute atomic E-state index is 12.1. The third-order valence-corrected chi connectivity index (χ3v) is 4.24. The first kappa shape index (κ1) is 14.1. The van der Waals surface area contributed by atoms with Crippen LogP contribution in [0.3, 0.4) is 0 Å². The van der Waals surface area contributed by atoms with Crippen molar-refractivity contribution in [2.75, 3.05) is 11.9 Å². The molecule has 1 aromatic carbocycles. The highest BCUT2D eigenvalue weighted by atomic mass is 35.5. The number of hydrogen-bond donors (Lipinski definition) is 0. The smallest absolute Gasteiger partial charge is 0.267 e. The molecular weight excluding hydrogens is 314 g/mol. The lowest BCUT2D eigenvalue weighted by Gasteiger charge is -2.30. The summed E-state index contributed by atoms with van der Waals surface area (Å²) in [5.74, 6) is 0.645. The summed E-state index contributed by atoms with van der Waals surface area (Å²) in [6.07, 6.45) is 3.26. The Labute approximate surface area is 138 Å². The predicted molar refractivity (Wildman–Crippen MR) is 89.1 cm³/mol. The zero-order chi connectivity index (χ0) is 16.1. The largest absolute Gasteiger partial charge is 0.479 e. The van der Waals surface area contributed by atoms with Crippen molar-refractivity contribution >= 4 is 28.8 Å². The van der Waals surface area contributed by atoms with Crippen molar-refractivity contribution in [3.05, 3.63) is 47.7 Å². The first-order valence-electron chi connectivity index (χ1n) is 7.26. The fourth-order valence-electron chi connectivity index (χ4n) is 2.77. The second kappa shape index (κ2) is 4.99. The minimum atomic E-state index is -0.462. The van der Waals surface area contributed by atoms with E-state index in [1.54, 1.807) is 18.9 Å². The molecule has 23 heavy (non-hydrogen) atoms. The lowest BCUT2D eigenvalue weighted by Crippen LogP contribution is -2.41. The highest BCUT2D eigenvalue weighted by molar-refractivity contribution is 6.30. The van der Waals surface area contributed by atoms with Gasteiger partial charge in [-0.2, -0.15) is 0 Å². The molecule has 0 spiro atoms. The number of halogens is 1. The summed E-state index contributed by atoms with van der Waals surface area (Å²) < 4.78 is 7.53. The van der Waals surface area contributed by atoms with E-state index in [2.05, 4.69) is 4.98 Å². The molecule has 3 aromatic rings. The van der Waals surface area contributed by atoms with Crippen molar-refractivity contribution in [3.8, 4) is 17.0 Å². The standard InChI is InChI=1S/C17H14ClN3O2/c1-10-17(22)20(2)14-7-11(3-5-15(14)23-10)13-9-21-8-12(18)4-6-16(21)19-13/h3-10H,1-2H3. The van der Waals surface area contributed by atoms with Crippen LogP contribution < -0.4 is 9.64 Å². The van der Waals surface area contributed by atoms with Gasteiger partial charge in [-0.05, 0) is 37.3 Å². The van der Waals surface area contributed by atoms with Crippen molar-refractivity contribution in [1.82, 2.24) is 9.38 Å². The molecule has 0 bridgehead atoms. The van der Waals surface area contributed by atoms with Crippen LogP contribution in [-0.2, 0) is 4.79 Å². The number of likely N-dealkylation sites (N-methyl/N-ethyl adjacent to an activating group) is 1. The van der Waals surface area contributed by atoms with Gasteiger partial charge in [0.25, 0.3) is 5.91 Å². The van der Waals surface area contributed by atoms with Gasteiger partial charge in [0.15, 0.2) is 6.10 Å². The molecule has 1 aliphatic rings. The van der Waals surface area contributed by atoms with Crippen molar-refractivity contribution in [3.63, 3.8) is 0 Å². The molecule has 0 saturated carbocycles. The number of amides is 1. The molecule has 116 valence electrons. The second-order valence-corrected chi connectivity index (χ2v) is 6.02. The van der Waals surface area contributed by atoms with Crippen molar-refractivity contribution < 1.29 is 9.53 Å². The number of anilines is 1. The van der Waals surface area contributed by atoms with E-state index in [0.717, 1.165) is 22.6 Å². The fraction of sp³-hybridized carbons (Fsp3) is 0.176. The monoisotopic (exact) mass is 327 g/mol. The molecule has 1 aliphatic heterocycles. The van der Waals surface area contributed by atoms with Crippen LogP contribution in [0.1, 0.15) is 6.92 Å². The number of fused-ring (bicyclic) bond motifs is 2. The van der Waals surface area contributed by atoms with E-state index in [1.165, 1.54) is 0 Å². The number of imidazole rings is 1. The number of nitrogens with zero attached hydrogens (tertiary/aromatic N) is 3. The lowest BCUT2D eigenvalue weighted by atomic mass is 10.1. The van der Waals surface area contributed by atoms with E-state index < -0.39 is 6.10 Å². The van der Waals surface area contributed by atoms with Gasteiger partial charge in [-0.1, -0.05) is 11.6 Å². The quantitative estimate of drug-likeness (QED) is 0.688. The number of rotatable bonds is 1. The molecule has 0 aliphatic carbocycles. The molecule has 0 fully saturated rings. The predicted octanol–water partition coefficient (Wildman–Crippen LogP) is 3.40. The number of hydrogen-bond acceptors (Lipinski definition) is 3. The maximum atomic E-state index is 12.1. The van der Waals surface area contributed by atoms with Gasteiger partial charge in [0.1, 0.15) is 11.4 Å². The minimum absolute atomic E-state index is 0.0589. The molecule has 5 nitrogen and oxygen atoms in total. The van der Waals surface area contributed by atoms with Gasteiger partial charge in [0.2, 0.25) is 0 Å². The summed E-state index contributed by atoms with van der Waals surface area (Å²) in [4.78, 5) is 18.3. The molecule has 1 atom stereocenters. The van der Waals surface area contributed by atoms with Crippen LogP contribution in [0.25, 0.3) is 16.9 Å². The topological polar surface area (TPSA) is 46.8 Å². The molecule has 0 saturated heterocycles. The average molecular weight is 328 g/mol. The van der Waals surface area contributed by atoms with Gasteiger partial charge in [0.05, 0.1) is 16.4 Å². The number of benzene rings is 1. The molecular formula is C17H14ClN3O2. The Bertz CT molecular complexity index is 935. The van der Waals surface area contributed by atoms with Crippen LogP contribution in [0.2, 0.25) is 5.02 Å². The van der Waals surface area contributed by atoms with E-state index in [-0.39, 0.29) is 5.91 Å². The van der Waals surface area contributed by atoms with Crippen LogP contribution in [0.4, 0.5) is 5.69 Å². The highest BCUT2D eigenvalue weighted by Crippen LogP contribution is 2.36.